The van der Waals surface area contributed by atoms with Gasteiger partial charge in [0.25, 0.3) is 0 Å². The minimum Gasteiger partial charge on any atom is -0.481 e. The van der Waals surface area contributed by atoms with Gasteiger partial charge in [0.1, 0.15) is 5.84 Å². The number of nitrogens with zero attached hydrogens (tertiary/aromatic N) is 3. The van der Waals surface area contributed by atoms with Crippen molar-refractivity contribution >= 4 is 11.8 Å². The van der Waals surface area contributed by atoms with E-state index in [1.54, 1.807) is 13.8 Å². The Morgan fingerprint density at radius 2 is 2.36 bits per heavy atom. The maximum atomic E-state index is 10.3. The molecule has 0 saturated carbocycles. The summed E-state index contributed by atoms with van der Waals surface area (Å²) in [6, 6.07) is 0. The molecule has 60 valence electrons. The van der Waals surface area contributed by atoms with Gasteiger partial charge in [-0.15, -0.1) is 5.11 Å². The predicted octanol–water partition coefficient (Wildman–Crippen LogP) is 1.06. The van der Waals surface area contributed by atoms with Crippen molar-refractivity contribution in [1.29, 1.82) is 0 Å². The number of aliphatic carboxylic acids is 1. The molecule has 0 aliphatic carbocycles. The van der Waals surface area contributed by atoms with Crippen molar-refractivity contribution in [2.75, 3.05) is 0 Å². The van der Waals surface area contributed by atoms with Gasteiger partial charge in [-0.3, -0.25) is 4.79 Å². The van der Waals surface area contributed by atoms with Gasteiger partial charge in [-0.05, 0) is 13.8 Å². The van der Waals surface area contributed by atoms with Crippen LogP contribution in [0.4, 0.5) is 0 Å². The lowest BCUT2D eigenvalue weighted by atomic mass is 10.1. The van der Waals surface area contributed by atoms with Crippen molar-refractivity contribution in [2.24, 2.45) is 15.2 Å². The first kappa shape index (κ1) is 7.84. The molecule has 0 amide bonds. The molecule has 5 nitrogen and oxygen atoms in total. The summed E-state index contributed by atoms with van der Waals surface area (Å²) < 4.78 is 0. The van der Waals surface area contributed by atoms with Crippen molar-refractivity contribution in [3.05, 3.63) is 0 Å². The third kappa shape index (κ3) is 1.83. The molecule has 0 spiro atoms. The molecule has 0 saturated heterocycles. The monoisotopic (exact) mass is 155 g/mol. The van der Waals surface area contributed by atoms with Gasteiger partial charge in [-0.25, -0.2) is 4.99 Å². The number of hydrogen-bond acceptors (Lipinski definition) is 4. The highest BCUT2D eigenvalue weighted by Gasteiger charge is 2.29. The molecule has 1 aliphatic heterocycles. The molecule has 1 heterocycles. The normalized spacial score (nSPS) is 28.7. The molecule has 0 bridgehead atoms. The second-order valence-corrected chi connectivity index (χ2v) is 2.65. The molecule has 11 heavy (non-hydrogen) atoms. The quantitative estimate of drug-likeness (QED) is 0.647. The number of azo groups is 1. The Hall–Kier alpha value is -1.26. The number of aliphatic imine (C=N–C) groups is 1. The third-order valence-electron chi connectivity index (χ3n) is 1.30. The molecule has 0 radical (unpaired) electrons. The Bertz CT molecular complexity index is 246. The Morgan fingerprint density at radius 1 is 1.73 bits per heavy atom. The van der Waals surface area contributed by atoms with Crippen LogP contribution in [0, 0.1) is 0 Å². The van der Waals surface area contributed by atoms with Gasteiger partial charge < -0.3 is 5.11 Å². The zero-order chi connectivity index (χ0) is 8.48. The average molecular weight is 155 g/mol. The lowest BCUT2D eigenvalue weighted by molar-refractivity contribution is -0.138. The standard InChI is InChI=1S/C6H9N3O2/c1-4-7-6(2,9-8-4)3-5(10)11/h3H2,1-2H3,(H,10,11). The van der Waals surface area contributed by atoms with Gasteiger partial charge in [0.2, 0.25) is 0 Å². The molecule has 1 atom stereocenters. The van der Waals surface area contributed by atoms with E-state index in [9.17, 15) is 4.79 Å². The van der Waals surface area contributed by atoms with Crippen molar-refractivity contribution in [2.45, 2.75) is 25.9 Å². The van der Waals surface area contributed by atoms with Gasteiger partial charge in [-0.2, -0.15) is 5.11 Å². The largest absolute Gasteiger partial charge is 0.481 e. The van der Waals surface area contributed by atoms with E-state index in [1.807, 2.05) is 0 Å². The van der Waals surface area contributed by atoms with E-state index in [0.717, 1.165) is 0 Å². The molecule has 1 aliphatic rings. The lowest BCUT2D eigenvalue weighted by Crippen LogP contribution is -2.21. The maximum Gasteiger partial charge on any atom is 0.307 e. The molecule has 1 N–H and O–H groups in total. The van der Waals surface area contributed by atoms with E-state index in [2.05, 4.69) is 15.2 Å². The molecule has 0 aromatic rings. The Labute approximate surface area is 63.9 Å². The lowest BCUT2D eigenvalue weighted by Gasteiger charge is -2.10. The van der Waals surface area contributed by atoms with E-state index in [0.29, 0.717) is 5.84 Å². The molecular weight excluding hydrogens is 146 g/mol. The summed E-state index contributed by atoms with van der Waals surface area (Å²) in [7, 11) is 0. The van der Waals surface area contributed by atoms with Crippen LogP contribution in [0.1, 0.15) is 20.3 Å². The van der Waals surface area contributed by atoms with Gasteiger partial charge in [-0.1, -0.05) is 0 Å². The van der Waals surface area contributed by atoms with E-state index >= 15 is 0 Å². The van der Waals surface area contributed by atoms with Crippen LogP contribution in [0.3, 0.4) is 0 Å². The second kappa shape index (κ2) is 2.41. The molecule has 0 aromatic carbocycles. The second-order valence-electron chi connectivity index (χ2n) is 2.65. The molecule has 0 fully saturated rings. The molecule has 0 aromatic heterocycles. The number of hydrogen-bond donors (Lipinski definition) is 1. The van der Waals surface area contributed by atoms with E-state index in [1.165, 1.54) is 0 Å². The van der Waals surface area contributed by atoms with Gasteiger partial charge >= 0.3 is 5.97 Å². The SMILES string of the molecule is CC1=NC(C)(CC(=O)O)N=N1. The van der Waals surface area contributed by atoms with Crippen LogP contribution >= 0.6 is 0 Å². The smallest absolute Gasteiger partial charge is 0.307 e. The summed E-state index contributed by atoms with van der Waals surface area (Å²) in [5, 5.41) is 15.8. The molecule has 1 rings (SSSR count). The summed E-state index contributed by atoms with van der Waals surface area (Å²) in [6.45, 7) is 3.33. The Kier molecular flexibility index (Phi) is 1.72. The highest BCUT2D eigenvalue weighted by Crippen LogP contribution is 2.22. The van der Waals surface area contributed by atoms with Gasteiger partial charge in [0.05, 0.1) is 6.42 Å². The minimum atomic E-state index is -0.912. The fourth-order valence-corrected chi connectivity index (χ4v) is 0.935. The minimum absolute atomic E-state index is 0.103. The molecular formula is C6H9N3O2. The summed E-state index contributed by atoms with van der Waals surface area (Å²) in [5.74, 6) is -0.376. The number of carboxylic acids is 1. The first-order valence-electron chi connectivity index (χ1n) is 3.23. The summed E-state index contributed by atoms with van der Waals surface area (Å²) >= 11 is 0. The summed E-state index contributed by atoms with van der Waals surface area (Å²) in [4.78, 5) is 14.3. The van der Waals surface area contributed by atoms with Crippen molar-refractivity contribution in [3.8, 4) is 0 Å². The first-order chi connectivity index (χ1) is 5.02. The van der Waals surface area contributed by atoms with Crippen LogP contribution in [-0.2, 0) is 4.79 Å². The fraction of sp³-hybridized carbons (Fsp3) is 0.667. The first-order valence-corrected chi connectivity index (χ1v) is 3.23. The zero-order valence-corrected chi connectivity index (χ0v) is 6.40. The number of carboxylic acid groups (broad SMARTS) is 1. The number of amidine groups is 1. The van der Waals surface area contributed by atoms with Crippen molar-refractivity contribution in [1.82, 2.24) is 0 Å². The Balaban J connectivity index is 2.71. The Morgan fingerprint density at radius 3 is 2.73 bits per heavy atom. The predicted molar refractivity (Wildman–Crippen MR) is 38.6 cm³/mol. The van der Waals surface area contributed by atoms with E-state index in [4.69, 9.17) is 5.11 Å². The number of rotatable bonds is 2. The van der Waals surface area contributed by atoms with Crippen LogP contribution < -0.4 is 0 Å². The highest BCUT2D eigenvalue weighted by molar-refractivity contribution is 5.82. The van der Waals surface area contributed by atoms with Crippen LogP contribution in [0.25, 0.3) is 0 Å². The van der Waals surface area contributed by atoms with Crippen LogP contribution in [0.5, 0.6) is 0 Å². The van der Waals surface area contributed by atoms with E-state index < -0.39 is 11.6 Å². The van der Waals surface area contributed by atoms with Crippen LogP contribution in [-0.4, -0.2) is 22.6 Å². The average Bonchev–Trinajstić information content (AvgIpc) is 2.08. The highest BCUT2D eigenvalue weighted by atomic mass is 16.4. The molecule has 1 unspecified atom stereocenters. The van der Waals surface area contributed by atoms with Crippen molar-refractivity contribution < 1.29 is 9.90 Å². The van der Waals surface area contributed by atoms with Gasteiger partial charge in [0.15, 0.2) is 5.66 Å². The molecule has 5 heteroatoms. The summed E-state index contributed by atoms with van der Waals surface area (Å²) in [6.07, 6.45) is -0.103. The van der Waals surface area contributed by atoms with Crippen molar-refractivity contribution in [3.63, 3.8) is 0 Å². The summed E-state index contributed by atoms with van der Waals surface area (Å²) in [5.41, 5.74) is -0.865. The topological polar surface area (TPSA) is 74.4 Å². The van der Waals surface area contributed by atoms with Crippen LogP contribution in [0.15, 0.2) is 15.2 Å². The van der Waals surface area contributed by atoms with Crippen LogP contribution in [0.2, 0.25) is 0 Å². The zero-order valence-electron chi connectivity index (χ0n) is 6.40. The number of carbonyl (C=O) groups is 1. The van der Waals surface area contributed by atoms with Gasteiger partial charge in [0, 0.05) is 0 Å². The maximum absolute atomic E-state index is 10.3. The fourth-order valence-electron chi connectivity index (χ4n) is 0.935. The van der Waals surface area contributed by atoms with E-state index in [-0.39, 0.29) is 6.42 Å². The third-order valence-corrected chi connectivity index (χ3v) is 1.30.